The van der Waals surface area contributed by atoms with Gasteiger partial charge in [-0.15, -0.1) is 0 Å². The van der Waals surface area contributed by atoms with E-state index in [4.69, 9.17) is 13.7 Å². The van der Waals surface area contributed by atoms with Crippen molar-refractivity contribution in [1.82, 2.24) is 0 Å². The number of carboxylic acids is 2. The highest BCUT2D eigenvalue weighted by atomic mass is 32.2. The second-order valence-corrected chi connectivity index (χ2v) is 9.41. The number of carbonyl (C=O) groups is 2. The minimum absolute atomic E-state index is 0.0260. The van der Waals surface area contributed by atoms with Crippen molar-refractivity contribution in [3.05, 3.63) is 52.6 Å². The summed E-state index contributed by atoms with van der Waals surface area (Å²) in [5, 5.41) is 18.9. The fourth-order valence-corrected chi connectivity index (χ4v) is 4.89. The number of aryl methyl sites for hydroxylation is 2. The Bertz CT molecular complexity index is 1170. The van der Waals surface area contributed by atoms with Gasteiger partial charge in [0.2, 0.25) is 0 Å². The Balaban J connectivity index is 1.95. The first-order valence-electron chi connectivity index (χ1n) is 10.5. The Labute approximate surface area is 192 Å². The zero-order valence-corrected chi connectivity index (χ0v) is 19.6. The first-order valence-corrected chi connectivity index (χ1v) is 11.9. The van der Waals surface area contributed by atoms with Crippen LogP contribution in [0.1, 0.15) is 43.0 Å². The molecule has 178 valence electrons. The lowest BCUT2D eigenvalue weighted by Gasteiger charge is -2.20. The van der Waals surface area contributed by atoms with Gasteiger partial charge < -0.3 is 19.7 Å². The van der Waals surface area contributed by atoms with Crippen molar-refractivity contribution in [2.24, 2.45) is 0 Å². The number of fused-ring (bicyclic) bond motifs is 1. The van der Waals surface area contributed by atoms with Gasteiger partial charge in [-0.25, -0.2) is 9.59 Å². The molecule has 0 saturated heterocycles. The van der Waals surface area contributed by atoms with E-state index in [0.717, 1.165) is 11.1 Å². The molecule has 0 spiro atoms. The first-order chi connectivity index (χ1) is 15.4. The summed E-state index contributed by atoms with van der Waals surface area (Å²) in [4.78, 5) is 23.3. The molecule has 1 aliphatic heterocycles. The van der Waals surface area contributed by atoms with Gasteiger partial charge in [-0.1, -0.05) is 31.5 Å². The van der Waals surface area contributed by atoms with E-state index in [0.29, 0.717) is 24.0 Å². The number of rotatable bonds is 9. The van der Waals surface area contributed by atoms with Gasteiger partial charge in [0, 0.05) is 12.0 Å². The van der Waals surface area contributed by atoms with E-state index in [9.17, 15) is 28.2 Å². The normalized spacial score (nSPS) is 15.3. The fraction of sp³-hybridized carbons (Fsp3) is 0.391. The van der Waals surface area contributed by atoms with Crippen LogP contribution in [0.25, 0.3) is 0 Å². The van der Waals surface area contributed by atoms with Gasteiger partial charge in [0.15, 0.2) is 11.5 Å². The number of hydrogen-bond acceptors (Lipinski definition) is 7. The summed E-state index contributed by atoms with van der Waals surface area (Å²) < 4.78 is 41.4. The Morgan fingerprint density at radius 3 is 2.15 bits per heavy atom. The zero-order chi connectivity index (χ0) is 24.6. The molecule has 0 amide bonds. The summed E-state index contributed by atoms with van der Waals surface area (Å²) in [6.45, 7) is 7.14. The smallest absolute Gasteiger partial charge is 0.453 e. The van der Waals surface area contributed by atoms with Crippen molar-refractivity contribution in [1.29, 1.82) is 0 Å². The third-order valence-corrected chi connectivity index (χ3v) is 6.88. The zero-order valence-electron chi connectivity index (χ0n) is 18.7. The van der Waals surface area contributed by atoms with Gasteiger partial charge >= 0.3 is 17.7 Å². The predicted molar refractivity (Wildman–Crippen MR) is 117 cm³/mol. The topological polar surface area (TPSA) is 136 Å². The number of carboxylic acid groups (broad SMARTS) is 2. The van der Waals surface area contributed by atoms with Crippen LogP contribution in [0.15, 0.2) is 35.2 Å². The van der Waals surface area contributed by atoms with E-state index in [1.54, 1.807) is 32.0 Å². The fourth-order valence-electron chi connectivity index (χ4n) is 3.81. The molecular formula is C23H26O9S. The van der Waals surface area contributed by atoms with E-state index >= 15 is 0 Å². The van der Waals surface area contributed by atoms with Gasteiger partial charge in [-0.05, 0) is 56.0 Å². The van der Waals surface area contributed by atoms with Gasteiger partial charge in [-0.3, -0.25) is 4.18 Å². The van der Waals surface area contributed by atoms with Crippen molar-refractivity contribution in [2.75, 3.05) is 0 Å². The van der Waals surface area contributed by atoms with Crippen molar-refractivity contribution in [3.8, 4) is 11.5 Å². The van der Waals surface area contributed by atoms with E-state index < -0.39 is 33.9 Å². The van der Waals surface area contributed by atoms with Crippen LogP contribution in [0.5, 0.6) is 11.5 Å². The summed E-state index contributed by atoms with van der Waals surface area (Å²) in [5.74, 6) is -6.38. The molecule has 1 atom stereocenters. The Morgan fingerprint density at radius 1 is 1.03 bits per heavy atom. The Hall–Kier alpha value is -3.11. The number of hydrogen-bond donors (Lipinski definition) is 2. The predicted octanol–water partition coefficient (Wildman–Crippen LogP) is 3.09. The van der Waals surface area contributed by atoms with Crippen LogP contribution in [0, 0.1) is 6.92 Å². The van der Waals surface area contributed by atoms with Crippen LogP contribution >= 0.6 is 0 Å². The third kappa shape index (κ3) is 4.53. The molecule has 2 N–H and O–H groups in total. The standard InChI is InChI=1S/C23H26O9S/c1-5-15-12-19-20(31-23(30-19,21(24)25)22(26)27)17(6-2)18(15)11-14(4)32-33(28,29)16-9-7-13(3)8-10-16/h7-10,12,14H,5-6,11H2,1-4H3,(H,24,25)(H,26,27)/t14-/m0/s1. The highest BCUT2D eigenvalue weighted by Crippen LogP contribution is 2.46. The molecule has 2 aromatic rings. The summed E-state index contributed by atoms with van der Waals surface area (Å²) in [6.07, 6.45) is 0.322. The average molecular weight is 479 g/mol. The minimum atomic E-state index is -4.00. The average Bonchev–Trinajstić information content (AvgIpc) is 3.14. The van der Waals surface area contributed by atoms with Crippen molar-refractivity contribution in [2.45, 2.75) is 63.7 Å². The second kappa shape index (κ2) is 9.03. The largest absolute Gasteiger partial charge is 0.475 e. The van der Waals surface area contributed by atoms with Crippen LogP contribution in [0.4, 0.5) is 0 Å². The van der Waals surface area contributed by atoms with Crippen molar-refractivity contribution in [3.63, 3.8) is 0 Å². The molecule has 0 aliphatic carbocycles. The molecule has 10 heteroatoms. The summed E-state index contributed by atoms with van der Waals surface area (Å²) in [7, 11) is -4.00. The summed E-state index contributed by atoms with van der Waals surface area (Å²) >= 11 is 0. The van der Waals surface area contributed by atoms with Gasteiger partial charge in [0.05, 0.1) is 11.0 Å². The van der Waals surface area contributed by atoms with Crippen LogP contribution in [0.3, 0.4) is 0 Å². The molecule has 0 bridgehead atoms. The molecule has 2 aromatic carbocycles. The Morgan fingerprint density at radius 2 is 1.64 bits per heavy atom. The lowest BCUT2D eigenvalue weighted by Crippen LogP contribution is -2.54. The molecule has 33 heavy (non-hydrogen) atoms. The molecular weight excluding hydrogens is 452 g/mol. The summed E-state index contributed by atoms with van der Waals surface area (Å²) in [6, 6.07) is 7.85. The number of aliphatic carboxylic acids is 2. The molecule has 3 rings (SSSR count). The van der Waals surface area contributed by atoms with E-state index in [-0.39, 0.29) is 22.8 Å². The van der Waals surface area contributed by atoms with Crippen LogP contribution < -0.4 is 9.47 Å². The number of benzene rings is 2. The quantitative estimate of drug-likeness (QED) is 0.411. The number of ether oxygens (including phenoxy) is 2. The molecule has 0 fully saturated rings. The Kier molecular flexibility index (Phi) is 6.71. The maximum absolute atomic E-state index is 12.7. The summed E-state index contributed by atoms with van der Waals surface area (Å²) in [5.41, 5.74) is 2.93. The van der Waals surface area contributed by atoms with E-state index in [1.165, 1.54) is 12.1 Å². The van der Waals surface area contributed by atoms with Crippen LogP contribution in [-0.4, -0.2) is 42.5 Å². The maximum Gasteiger partial charge on any atom is 0.453 e. The molecule has 1 aliphatic rings. The second-order valence-electron chi connectivity index (χ2n) is 7.84. The monoisotopic (exact) mass is 478 g/mol. The van der Waals surface area contributed by atoms with E-state index in [1.807, 2.05) is 13.8 Å². The lowest BCUT2D eigenvalue weighted by atomic mass is 9.92. The van der Waals surface area contributed by atoms with Gasteiger partial charge in [-0.2, -0.15) is 8.42 Å². The van der Waals surface area contributed by atoms with Crippen molar-refractivity contribution < 1.29 is 41.9 Å². The highest BCUT2D eigenvalue weighted by molar-refractivity contribution is 7.86. The molecule has 0 saturated carbocycles. The molecule has 1 heterocycles. The SMILES string of the molecule is CCc1cc2c(c(CC)c1C[C@H](C)OS(=O)(=O)c1ccc(C)cc1)OC(C(=O)O)(C(=O)O)O2. The third-order valence-electron chi connectivity index (χ3n) is 5.44. The molecule has 0 unspecified atom stereocenters. The van der Waals surface area contributed by atoms with Crippen LogP contribution in [0.2, 0.25) is 0 Å². The van der Waals surface area contributed by atoms with Crippen LogP contribution in [-0.2, 0) is 43.2 Å². The van der Waals surface area contributed by atoms with Gasteiger partial charge in [0.1, 0.15) is 0 Å². The minimum Gasteiger partial charge on any atom is -0.475 e. The molecule has 0 radical (unpaired) electrons. The van der Waals surface area contributed by atoms with E-state index in [2.05, 4.69) is 0 Å². The van der Waals surface area contributed by atoms with Crippen molar-refractivity contribution >= 4 is 22.1 Å². The maximum atomic E-state index is 12.7. The molecule has 0 aromatic heterocycles. The lowest BCUT2D eigenvalue weighted by molar-refractivity contribution is -0.194. The van der Waals surface area contributed by atoms with Gasteiger partial charge in [0.25, 0.3) is 10.1 Å². The highest BCUT2D eigenvalue weighted by Gasteiger charge is 2.58. The molecule has 9 nitrogen and oxygen atoms in total. The first kappa shape index (κ1) is 24.5.